The lowest BCUT2D eigenvalue weighted by molar-refractivity contribution is -0.119. The van der Waals surface area contributed by atoms with Crippen LogP contribution in [0, 0.1) is 13.0 Å². The third-order valence-corrected chi connectivity index (χ3v) is 4.62. The molecule has 3 rings (SSSR count). The van der Waals surface area contributed by atoms with Gasteiger partial charge in [0.15, 0.2) is 0 Å². The molecule has 1 aromatic carbocycles. The van der Waals surface area contributed by atoms with Crippen molar-refractivity contribution in [2.75, 3.05) is 0 Å². The summed E-state index contributed by atoms with van der Waals surface area (Å²) >= 11 is 1.63. The number of rotatable bonds is 4. The van der Waals surface area contributed by atoms with Crippen LogP contribution in [0.3, 0.4) is 0 Å². The van der Waals surface area contributed by atoms with Gasteiger partial charge < -0.3 is 11.1 Å². The van der Waals surface area contributed by atoms with Crippen LogP contribution < -0.4 is 11.1 Å². The molecule has 0 saturated heterocycles. The molecular weight excluding hydrogens is 270 g/mol. The molecule has 0 bridgehead atoms. The standard InChI is InChI=1S/C15H16N3OS/c1-9-8-20-13(18-9)7-17-12-6-10-4-2-3-5-11(10)14(12)15(16)19/h3-5,8,12,14,17H,6-7H2,1H3,(H2,16,19)/t12-,14?/m0/s1. The summed E-state index contributed by atoms with van der Waals surface area (Å²) in [6.45, 7) is 2.65. The van der Waals surface area contributed by atoms with Gasteiger partial charge in [0, 0.05) is 23.7 Å². The van der Waals surface area contributed by atoms with Crippen molar-refractivity contribution in [1.29, 1.82) is 0 Å². The third kappa shape index (κ3) is 2.46. The zero-order valence-electron chi connectivity index (χ0n) is 11.2. The van der Waals surface area contributed by atoms with Crippen molar-refractivity contribution >= 4 is 17.2 Å². The van der Waals surface area contributed by atoms with E-state index in [4.69, 9.17) is 5.73 Å². The average molecular weight is 286 g/mol. The van der Waals surface area contributed by atoms with E-state index >= 15 is 0 Å². The van der Waals surface area contributed by atoms with Crippen LogP contribution in [0.4, 0.5) is 0 Å². The molecule has 5 heteroatoms. The molecule has 4 nitrogen and oxygen atoms in total. The van der Waals surface area contributed by atoms with Gasteiger partial charge in [0.1, 0.15) is 5.01 Å². The minimum atomic E-state index is -0.275. The molecule has 1 aromatic heterocycles. The van der Waals surface area contributed by atoms with E-state index in [9.17, 15) is 4.79 Å². The van der Waals surface area contributed by atoms with Gasteiger partial charge in [-0.2, -0.15) is 0 Å². The number of benzene rings is 1. The van der Waals surface area contributed by atoms with Crippen molar-refractivity contribution in [2.24, 2.45) is 5.73 Å². The average Bonchev–Trinajstić information content (AvgIpc) is 2.99. The highest BCUT2D eigenvalue weighted by Crippen LogP contribution is 2.33. The van der Waals surface area contributed by atoms with E-state index in [1.54, 1.807) is 11.3 Å². The first-order valence-electron chi connectivity index (χ1n) is 6.57. The van der Waals surface area contributed by atoms with Crippen LogP contribution in [-0.2, 0) is 17.8 Å². The molecule has 1 radical (unpaired) electrons. The largest absolute Gasteiger partial charge is 0.369 e. The van der Waals surface area contributed by atoms with E-state index in [-0.39, 0.29) is 17.9 Å². The molecule has 2 aromatic rings. The Morgan fingerprint density at radius 3 is 3.20 bits per heavy atom. The summed E-state index contributed by atoms with van der Waals surface area (Å²) in [4.78, 5) is 16.2. The summed E-state index contributed by atoms with van der Waals surface area (Å²) in [6.07, 6.45) is 0.810. The van der Waals surface area contributed by atoms with E-state index in [2.05, 4.69) is 16.4 Å². The lowest BCUT2D eigenvalue weighted by Gasteiger charge is -2.18. The SMILES string of the molecule is Cc1csc(CN[C@H]2Cc3c[c]ccc3C2C(N)=O)n1. The summed E-state index contributed by atoms with van der Waals surface area (Å²) < 4.78 is 0. The normalized spacial score (nSPS) is 20.9. The van der Waals surface area contributed by atoms with E-state index in [0.717, 1.165) is 28.2 Å². The Morgan fingerprint density at radius 2 is 2.50 bits per heavy atom. The fourth-order valence-corrected chi connectivity index (χ4v) is 3.50. The Hall–Kier alpha value is -1.72. The van der Waals surface area contributed by atoms with Crippen LogP contribution >= 0.6 is 11.3 Å². The highest BCUT2D eigenvalue weighted by atomic mass is 32.1. The molecule has 20 heavy (non-hydrogen) atoms. The first kappa shape index (κ1) is 13.3. The molecule has 1 amide bonds. The number of carbonyl (C=O) groups excluding carboxylic acids is 1. The number of primary amides is 1. The molecule has 1 aliphatic carbocycles. The minimum absolute atomic E-state index is 0.0440. The second-order valence-corrected chi connectivity index (χ2v) is 6.02. The maximum Gasteiger partial charge on any atom is 0.226 e. The fourth-order valence-electron chi connectivity index (χ4n) is 2.77. The van der Waals surface area contributed by atoms with Crippen LogP contribution in [0.2, 0.25) is 0 Å². The number of amides is 1. The van der Waals surface area contributed by atoms with Crippen LogP contribution in [0.25, 0.3) is 0 Å². The molecule has 3 N–H and O–H groups in total. The Labute approximate surface area is 122 Å². The third-order valence-electron chi connectivity index (χ3n) is 3.65. The van der Waals surface area contributed by atoms with Crippen molar-refractivity contribution in [3.63, 3.8) is 0 Å². The van der Waals surface area contributed by atoms with Crippen LogP contribution in [-0.4, -0.2) is 16.9 Å². The van der Waals surface area contributed by atoms with Crippen molar-refractivity contribution in [1.82, 2.24) is 10.3 Å². The maximum atomic E-state index is 11.7. The Balaban J connectivity index is 1.75. The van der Waals surface area contributed by atoms with Gasteiger partial charge in [-0.25, -0.2) is 4.98 Å². The van der Waals surface area contributed by atoms with Gasteiger partial charge in [-0.3, -0.25) is 4.79 Å². The molecule has 0 aliphatic heterocycles. The predicted molar refractivity (Wildman–Crippen MR) is 78.4 cm³/mol. The van der Waals surface area contributed by atoms with E-state index < -0.39 is 0 Å². The number of hydrogen-bond donors (Lipinski definition) is 2. The highest BCUT2D eigenvalue weighted by Gasteiger charge is 2.35. The van der Waals surface area contributed by atoms with Gasteiger partial charge in [-0.15, -0.1) is 11.3 Å². The van der Waals surface area contributed by atoms with Gasteiger partial charge in [0.05, 0.1) is 5.92 Å². The summed E-state index contributed by atoms with van der Waals surface area (Å²) in [5, 5.41) is 6.49. The van der Waals surface area contributed by atoms with E-state index in [1.165, 1.54) is 0 Å². The first-order valence-corrected chi connectivity index (χ1v) is 7.45. The number of nitrogens with two attached hydrogens (primary N) is 1. The molecule has 1 heterocycles. The van der Waals surface area contributed by atoms with Gasteiger partial charge in [-0.1, -0.05) is 18.2 Å². The number of fused-ring (bicyclic) bond motifs is 1. The van der Waals surface area contributed by atoms with E-state index in [1.807, 2.05) is 30.5 Å². The second-order valence-electron chi connectivity index (χ2n) is 5.08. The molecule has 0 spiro atoms. The zero-order valence-corrected chi connectivity index (χ0v) is 12.0. The van der Waals surface area contributed by atoms with Gasteiger partial charge in [0.25, 0.3) is 0 Å². The number of carbonyl (C=O) groups is 1. The van der Waals surface area contributed by atoms with Crippen molar-refractivity contribution in [2.45, 2.75) is 31.8 Å². The number of aryl methyl sites for hydroxylation is 1. The van der Waals surface area contributed by atoms with Gasteiger partial charge >= 0.3 is 0 Å². The zero-order chi connectivity index (χ0) is 14.1. The fraction of sp³-hybridized carbons (Fsp3) is 0.333. The summed E-state index contributed by atoms with van der Waals surface area (Å²) in [7, 11) is 0. The monoisotopic (exact) mass is 286 g/mol. The number of aromatic nitrogens is 1. The molecular formula is C15H16N3OS. The summed E-state index contributed by atoms with van der Waals surface area (Å²) in [5.41, 5.74) is 8.79. The maximum absolute atomic E-state index is 11.7. The van der Waals surface area contributed by atoms with Crippen molar-refractivity contribution in [3.05, 3.63) is 51.5 Å². The Kier molecular flexibility index (Phi) is 3.54. The number of nitrogens with one attached hydrogen (secondary N) is 1. The molecule has 2 atom stereocenters. The molecule has 1 aliphatic rings. The second kappa shape index (κ2) is 5.34. The smallest absolute Gasteiger partial charge is 0.226 e. The predicted octanol–water partition coefficient (Wildman–Crippen LogP) is 1.54. The lowest BCUT2D eigenvalue weighted by Crippen LogP contribution is -2.38. The number of hydrogen-bond acceptors (Lipinski definition) is 4. The summed E-state index contributed by atoms with van der Waals surface area (Å²) in [6, 6.07) is 8.83. The minimum Gasteiger partial charge on any atom is -0.369 e. The summed E-state index contributed by atoms with van der Waals surface area (Å²) in [5.74, 6) is -0.538. The number of thiazole rings is 1. The Morgan fingerprint density at radius 1 is 1.65 bits per heavy atom. The van der Waals surface area contributed by atoms with Crippen LogP contribution in [0.1, 0.15) is 27.7 Å². The Bertz CT molecular complexity index is 638. The van der Waals surface area contributed by atoms with Crippen molar-refractivity contribution in [3.8, 4) is 0 Å². The quantitative estimate of drug-likeness (QED) is 0.895. The van der Waals surface area contributed by atoms with Crippen molar-refractivity contribution < 1.29 is 4.79 Å². The van der Waals surface area contributed by atoms with Gasteiger partial charge in [0.2, 0.25) is 5.91 Å². The van der Waals surface area contributed by atoms with Gasteiger partial charge in [-0.05, 0) is 30.5 Å². The van der Waals surface area contributed by atoms with Crippen LogP contribution in [0.5, 0.6) is 0 Å². The molecule has 103 valence electrons. The van der Waals surface area contributed by atoms with Crippen LogP contribution in [0.15, 0.2) is 23.6 Å². The highest BCUT2D eigenvalue weighted by molar-refractivity contribution is 7.09. The molecule has 0 fully saturated rings. The molecule has 1 unspecified atom stereocenters. The topological polar surface area (TPSA) is 68.0 Å². The lowest BCUT2D eigenvalue weighted by atomic mass is 9.98. The van der Waals surface area contributed by atoms with E-state index in [0.29, 0.717) is 6.54 Å². The first-order chi connectivity index (χ1) is 9.65. The molecule has 0 saturated carbocycles. The number of nitrogens with zero attached hydrogens (tertiary/aromatic N) is 1.